The van der Waals surface area contributed by atoms with Crippen molar-refractivity contribution < 1.29 is 0 Å². The monoisotopic (exact) mass is 178 g/mol. The molecule has 0 saturated carbocycles. The van der Waals surface area contributed by atoms with Crippen molar-refractivity contribution >= 4 is 23.0 Å². The van der Waals surface area contributed by atoms with E-state index in [0.29, 0.717) is 5.04 Å². The van der Waals surface area contributed by atoms with E-state index >= 15 is 0 Å². The van der Waals surface area contributed by atoms with Crippen molar-refractivity contribution in [1.82, 2.24) is 0 Å². The Hall–Kier alpha value is -1.09. The van der Waals surface area contributed by atoms with Crippen LogP contribution >= 0.6 is 11.8 Å². The number of rotatable bonds is 2. The molecular formula is C9H10N2S. The van der Waals surface area contributed by atoms with Gasteiger partial charge in [0.25, 0.3) is 0 Å². The molecular weight excluding hydrogens is 168 g/mol. The molecule has 62 valence electrons. The summed E-state index contributed by atoms with van der Waals surface area (Å²) in [5, 5.41) is 15.1. The number of hydrogen-bond donors (Lipinski definition) is 2. The highest BCUT2D eigenvalue weighted by Gasteiger charge is 1.98. The molecule has 0 radical (unpaired) electrons. The number of hydrogen-bond acceptors (Lipinski definition) is 3. The van der Waals surface area contributed by atoms with E-state index in [1.54, 1.807) is 0 Å². The van der Waals surface area contributed by atoms with Gasteiger partial charge in [0.1, 0.15) is 0 Å². The van der Waals surface area contributed by atoms with Crippen LogP contribution in [0.5, 0.6) is 0 Å². The van der Waals surface area contributed by atoms with E-state index in [0.717, 1.165) is 11.1 Å². The Balaban J connectivity index is 3.01. The van der Waals surface area contributed by atoms with Gasteiger partial charge in [0, 0.05) is 11.8 Å². The maximum absolute atomic E-state index is 7.54. The van der Waals surface area contributed by atoms with Crippen molar-refractivity contribution in [2.45, 2.75) is 0 Å². The zero-order valence-electron chi connectivity index (χ0n) is 6.79. The molecule has 2 nitrogen and oxygen atoms in total. The molecule has 0 fully saturated rings. The molecule has 0 unspecified atom stereocenters. The Kier molecular flexibility index (Phi) is 3.05. The fraction of sp³-hybridized carbons (Fsp3) is 0.111. The Morgan fingerprint density at radius 1 is 1.50 bits per heavy atom. The molecule has 0 heterocycles. The Labute approximate surface area is 76.0 Å². The third-order valence-corrected chi connectivity index (χ3v) is 2.16. The summed E-state index contributed by atoms with van der Waals surface area (Å²) in [6.45, 7) is 0. The van der Waals surface area contributed by atoms with Crippen LogP contribution in [0.25, 0.3) is 0 Å². The van der Waals surface area contributed by atoms with E-state index in [2.05, 4.69) is 0 Å². The van der Waals surface area contributed by atoms with E-state index in [1.807, 2.05) is 30.5 Å². The number of nitrogens with one attached hydrogen (secondary N) is 2. The Morgan fingerprint density at radius 3 is 2.83 bits per heavy atom. The summed E-state index contributed by atoms with van der Waals surface area (Å²) in [4.78, 5) is 0. The van der Waals surface area contributed by atoms with Crippen LogP contribution < -0.4 is 0 Å². The highest BCUT2D eigenvalue weighted by Crippen LogP contribution is 2.10. The van der Waals surface area contributed by atoms with Gasteiger partial charge in [0.05, 0.1) is 5.04 Å². The van der Waals surface area contributed by atoms with Crippen LogP contribution in [0, 0.1) is 10.8 Å². The van der Waals surface area contributed by atoms with E-state index in [1.165, 1.54) is 18.0 Å². The molecule has 12 heavy (non-hydrogen) atoms. The Morgan fingerprint density at radius 2 is 2.25 bits per heavy atom. The van der Waals surface area contributed by atoms with Gasteiger partial charge in [-0.3, -0.25) is 5.41 Å². The molecule has 0 aliphatic carbocycles. The zero-order chi connectivity index (χ0) is 8.97. The smallest absolute Gasteiger partial charge is 0.0939 e. The lowest BCUT2D eigenvalue weighted by molar-refractivity contribution is 1.50. The van der Waals surface area contributed by atoms with E-state index < -0.39 is 0 Å². The zero-order valence-corrected chi connectivity index (χ0v) is 7.61. The molecule has 2 N–H and O–H groups in total. The van der Waals surface area contributed by atoms with Crippen molar-refractivity contribution in [3.8, 4) is 0 Å². The summed E-state index contributed by atoms with van der Waals surface area (Å²) in [7, 11) is 0. The largest absolute Gasteiger partial charge is 0.308 e. The second-order valence-corrected chi connectivity index (χ2v) is 3.12. The van der Waals surface area contributed by atoms with E-state index in [9.17, 15) is 0 Å². The first-order chi connectivity index (χ1) is 5.77. The third kappa shape index (κ3) is 1.95. The lowest BCUT2D eigenvalue weighted by Gasteiger charge is -2.00. The molecule has 1 aromatic carbocycles. The molecule has 0 spiro atoms. The van der Waals surface area contributed by atoms with E-state index in [4.69, 9.17) is 10.8 Å². The summed E-state index contributed by atoms with van der Waals surface area (Å²) < 4.78 is 0. The lowest BCUT2D eigenvalue weighted by Crippen LogP contribution is -1.93. The number of benzene rings is 1. The van der Waals surface area contributed by atoms with Crippen molar-refractivity contribution in [3.05, 3.63) is 35.4 Å². The molecule has 0 aliphatic heterocycles. The molecule has 0 atom stereocenters. The maximum Gasteiger partial charge on any atom is 0.0939 e. The molecule has 0 saturated heterocycles. The van der Waals surface area contributed by atoms with Crippen LogP contribution in [0.2, 0.25) is 0 Å². The molecule has 1 rings (SSSR count). The second-order valence-electron chi connectivity index (χ2n) is 2.30. The van der Waals surface area contributed by atoms with Crippen molar-refractivity contribution in [2.75, 3.05) is 6.26 Å². The van der Waals surface area contributed by atoms with Crippen LogP contribution in [0.4, 0.5) is 0 Å². The summed E-state index contributed by atoms with van der Waals surface area (Å²) in [5.41, 5.74) is 1.72. The quantitative estimate of drug-likeness (QED) is 0.530. The van der Waals surface area contributed by atoms with Crippen LogP contribution in [0.1, 0.15) is 11.1 Å². The summed E-state index contributed by atoms with van der Waals surface area (Å²) in [5.74, 6) is 0. The first kappa shape index (κ1) is 9.00. The predicted molar refractivity (Wildman–Crippen MR) is 54.7 cm³/mol. The first-order valence-corrected chi connectivity index (χ1v) is 4.74. The molecule has 3 heteroatoms. The van der Waals surface area contributed by atoms with Gasteiger partial charge >= 0.3 is 0 Å². The molecule has 0 amide bonds. The SMILES string of the molecule is CSC(=N)c1cccc(C=N)c1. The first-order valence-electron chi connectivity index (χ1n) is 3.51. The maximum atomic E-state index is 7.54. The van der Waals surface area contributed by atoms with Gasteiger partial charge in [-0.1, -0.05) is 18.2 Å². The topological polar surface area (TPSA) is 47.7 Å². The van der Waals surface area contributed by atoms with Crippen LogP contribution in [0.3, 0.4) is 0 Å². The van der Waals surface area contributed by atoms with Crippen molar-refractivity contribution in [3.63, 3.8) is 0 Å². The minimum Gasteiger partial charge on any atom is -0.308 e. The lowest BCUT2D eigenvalue weighted by atomic mass is 10.1. The van der Waals surface area contributed by atoms with Gasteiger partial charge in [-0.15, -0.1) is 11.8 Å². The van der Waals surface area contributed by atoms with Crippen molar-refractivity contribution in [2.24, 2.45) is 0 Å². The Bertz CT molecular complexity index is 307. The minimum absolute atomic E-state index is 0.540. The van der Waals surface area contributed by atoms with Gasteiger partial charge in [0.15, 0.2) is 0 Å². The van der Waals surface area contributed by atoms with Gasteiger partial charge < -0.3 is 5.41 Å². The average Bonchev–Trinajstić information content (AvgIpc) is 2.17. The summed E-state index contributed by atoms with van der Waals surface area (Å²) in [6, 6.07) is 7.43. The van der Waals surface area contributed by atoms with Gasteiger partial charge in [0.2, 0.25) is 0 Å². The van der Waals surface area contributed by atoms with Crippen LogP contribution in [-0.2, 0) is 0 Å². The van der Waals surface area contributed by atoms with Crippen LogP contribution in [0.15, 0.2) is 24.3 Å². The third-order valence-electron chi connectivity index (χ3n) is 1.52. The summed E-state index contributed by atoms with van der Waals surface area (Å²) >= 11 is 1.41. The fourth-order valence-electron chi connectivity index (χ4n) is 0.888. The average molecular weight is 178 g/mol. The molecule has 0 aromatic heterocycles. The van der Waals surface area contributed by atoms with Gasteiger partial charge in [-0.05, 0) is 17.9 Å². The highest BCUT2D eigenvalue weighted by atomic mass is 32.2. The standard InChI is InChI=1S/C9H10N2S/c1-12-9(11)8-4-2-3-7(5-8)6-10/h2-6,10-11H,1H3. The van der Waals surface area contributed by atoms with Gasteiger partial charge in [-0.2, -0.15) is 0 Å². The molecule has 0 bridgehead atoms. The predicted octanol–water partition coefficient (Wildman–Crippen LogP) is 2.37. The van der Waals surface area contributed by atoms with Gasteiger partial charge in [-0.25, -0.2) is 0 Å². The second kappa shape index (κ2) is 4.07. The minimum atomic E-state index is 0.540. The number of thioether (sulfide) groups is 1. The molecule has 0 aliphatic rings. The van der Waals surface area contributed by atoms with Crippen molar-refractivity contribution in [1.29, 1.82) is 10.8 Å². The molecule has 1 aromatic rings. The summed E-state index contributed by atoms with van der Waals surface area (Å²) in [6.07, 6.45) is 3.16. The highest BCUT2D eigenvalue weighted by molar-refractivity contribution is 8.13. The van der Waals surface area contributed by atoms with E-state index in [-0.39, 0.29) is 0 Å². The normalized spacial score (nSPS) is 9.42. The van der Waals surface area contributed by atoms with Crippen LogP contribution in [-0.4, -0.2) is 17.5 Å². The fourth-order valence-corrected chi connectivity index (χ4v) is 1.25.